The van der Waals surface area contributed by atoms with Crippen molar-refractivity contribution in [1.82, 2.24) is 4.57 Å². The van der Waals surface area contributed by atoms with E-state index in [9.17, 15) is 9.59 Å². The van der Waals surface area contributed by atoms with Crippen LogP contribution in [0.15, 0.2) is 17.1 Å². The summed E-state index contributed by atoms with van der Waals surface area (Å²) in [6.07, 6.45) is 1.14. The van der Waals surface area contributed by atoms with E-state index in [1.54, 1.807) is 0 Å². The molecule has 0 saturated heterocycles. The number of aromatic nitrogens is 1. The molecule has 0 aliphatic rings. The number of aliphatic carboxylic acids is 1. The molecule has 0 spiro atoms. The summed E-state index contributed by atoms with van der Waals surface area (Å²) >= 11 is 5.65. The van der Waals surface area contributed by atoms with Gasteiger partial charge in [-0.2, -0.15) is 0 Å². The second kappa shape index (κ2) is 3.62. The lowest BCUT2D eigenvalue weighted by molar-refractivity contribution is -0.136. The Morgan fingerprint density at radius 3 is 2.85 bits per heavy atom. The molecule has 0 aromatic carbocycles. The van der Waals surface area contributed by atoms with Gasteiger partial charge >= 0.3 is 5.97 Å². The predicted octanol–water partition coefficient (Wildman–Crippen LogP) is 0.666. The summed E-state index contributed by atoms with van der Waals surface area (Å²) in [4.78, 5) is 21.6. The first-order valence-corrected chi connectivity index (χ1v) is 3.95. The van der Waals surface area contributed by atoms with Crippen LogP contribution in [0.2, 0.25) is 5.02 Å². The fourth-order valence-electron chi connectivity index (χ4n) is 1.03. The summed E-state index contributed by atoms with van der Waals surface area (Å²) in [5.74, 6) is -1.04. The van der Waals surface area contributed by atoms with E-state index < -0.39 is 5.97 Å². The van der Waals surface area contributed by atoms with E-state index in [0.29, 0.717) is 5.02 Å². The minimum atomic E-state index is -1.04. The van der Waals surface area contributed by atoms with Crippen LogP contribution in [0, 0.1) is 0 Å². The molecule has 1 heterocycles. The second-order valence-corrected chi connectivity index (χ2v) is 3.11. The van der Waals surface area contributed by atoms with Gasteiger partial charge in [-0.1, -0.05) is 11.6 Å². The molecule has 0 radical (unpaired) electrons. The molecule has 1 N–H and O–H groups in total. The van der Waals surface area contributed by atoms with Crippen LogP contribution in [0.5, 0.6) is 0 Å². The van der Waals surface area contributed by atoms with Crippen LogP contribution in [0.1, 0.15) is 5.56 Å². The average Bonchev–Trinajstić information content (AvgIpc) is 1.98. The third-order valence-corrected chi connectivity index (χ3v) is 1.77. The van der Waals surface area contributed by atoms with Gasteiger partial charge in [-0.05, 0) is 6.07 Å². The smallest absolute Gasteiger partial charge is 0.308 e. The highest BCUT2D eigenvalue weighted by atomic mass is 35.5. The summed E-state index contributed by atoms with van der Waals surface area (Å²) in [5, 5.41) is 8.84. The van der Waals surface area contributed by atoms with Crippen molar-refractivity contribution in [2.75, 3.05) is 0 Å². The Bertz CT molecular complexity index is 397. The first-order chi connectivity index (χ1) is 6.00. The lowest BCUT2D eigenvalue weighted by atomic mass is 10.2. The lowest BCUT2D eigenvalue weighted by Crippen LogP contribution is -2.22. The molecule has 0 aliphatic carbocycles. The minimum absolute atomic E-state index is 0.197. The number of carboxylic acids is 1. The molecule has 0 unspecified atom stereocenters. The van der Waals surface area contributed by atoms with Gasteiger partial charge in [0.05, 0.1) is 11.4 Å². The summed E-state index contributed by atoms with van der Waals surface area (Å²) in [6.45, 7) is 0. The van der Waals surface area contributed by atoms with Crippen molar-refractivity contribution in [3.05, 3.63) is 33.2 Å². The highest BCUT2D eigenvalue weighted by molar-refractivity contribution is 6.30. The van der Waals surface area contributed by atoms with Gasteiger partial charge in [0.2, 0.25) is 0 Å². The Labute approximate surface area is 79.4 Å². The molecule has 0 atom stereocenters. The molecular weight excluding hydrogens is 194 g/mol. The fourth-order valence-corrected chi connectivity index (χ4v) is 1.30. The standard InChI is InChI=1S/C8H8ClNO3/c1-10-4-6(9)2-5(8(10)13)3-7(11)12/h2,4H,3H2,1H3,(H,11,12). The maximum Gasteiger partial charge on any atom is 0.308 e. The van der Waals surface area contributed by atoms with Gasteiger partial charge in [-0.15, -0.1) is 0 Å². The molecule has 1 aromatic rings. The molecule has 0 bridgehead atoms. The molecule has 4 nitrogen and oxygen atoms in total. The van der Waals surface area contributed by atoms with E-state index in [2.05, 4.69) is 0 Å². The highest BCUT2D eigenvalue weighted by Crippen LogP contribution is 2.06. The summed E-state index contributed by atoms with van der Waals surface area (Å²) in [6, 6.07) is 1.37. The van der Waals surface area contributed by atoms with Gasteiger partial charge in [0.15, 0.2) is 0 Å². The van der Waals surface area contributed by atoms with Crippen molar-refractivity contribution in [2.45, 2.75) is 6.42 Å². The molecule has 1 aromatic heterocycles. The number of hydrogen-bond acceptors (Lipinski definition) is 2. The third-order valence-electron chi connectivity index (χ3n) is 1.57. The van der Waals surface area contributed by atoms with E-state index in [0.717, 1.165) is 0 Å². The van der Waals surface area contributed by atoms with Crippen molar-refractivity contribution in [2.24, 2.45) is 7.05 Å². The van der Waals surface area contributed by atoms with Crippen molar-refractivity contribution in [3.63, 3.8) is 0 Å². The van der Waals surface area contributed by atoms with Gasteiger partial charge in [-0.25, -0.2) is 0 Å². The van der Waals surface area contributed by atoms with Crippen LogP contribution in [0.4, 0.5) is 0 Å². The van der Waals surface area contributed by atoms with E-state index in [4.69, 9.17) is 16.7 Å². The number of halogens is 1. The van der Waals surface area contributed by atoms with Gasteiger partial charge in [0, 0.05) is 18.8 Å². The Morgan fingerprint density at radius 1 is 1.69 bits per heavy atom. The van der Waals surface area contributed by atoms with E-state index in [-0.39, 0.29) is 17.5 Å². The van der Waals surface area contributed by atoms with E-state index in [1.165, 1.54) is 23.9 Å². The quantitative estimate of drug-likeness (QED) is 0.765. The molecule has 70 valence electrons. The average molecular weight is 202 g/mol. The van der Waals surface area contributed by atoms with Crippen molar-refractivity contribution < 1.29 is 9.90 Å². The molecular formula is C8H8ClNO3. The zero-order chi connectivity index (χ0) is 10.0. The summed E-state index contributed by atoms with van der Waals surface area (Å²) < 4.78 is 1.26. The minimum Gasteiger partial charge on any atom is -0.481 e. The fraction of sp³-hybridized carbons (Fsp3) is 0.250. The Morgan fingerprint density at radius 2 is 2.31 bits per heavy atom. The molecule has 1 rings (SSSR count). The Kier molecular flexibility index (Phi) is 2.72. The van der Waals surface area contributed by atoms with Crippen LogP contribution in [-0.2, 0) is 18.3 Å². The second-order valence-electron chi connectivity index (χ2n) is 2.67. The third kappa shape index (κ3) is 2.32. The highest BCUT2D eigenvalue weighted by Gasteiger charge is 2.07. The number of hydrogen-bond donors (Lipinski definition) is 1. The number of carbonyl (C=O) groups is 1. The van der Waals surface area contributed by atoms with Crippen molar-refractivity contribution in [1.29, 1.82) is 0 Å². The van der Waals surface area contributed by atoms with Gasteiger partial charge < -0.3 is 9.67 Å². The van der Waals surface area contributed by atoms with E-state index >= 15 is 0 Å². The monoisotopic (exact) mass is 201 g/mol. The van der Waals surface area contributed by atoms with Crippen LogP contribution in [0.25, 0.3) is 0 Å². The van der Waals surface area contributed by atoms with Crippen LogP contribution in [-0.4, -0.2) is 15.6 Å². The number of carboxylic acid groups (broad SMARTS) is 1. The maximum absolute atomic E-state index is 11.3. The number of nitrogens with zero attached hydrogens (tertiary/aromatic N) is 1. The summed E-state index contributed by atoms with van der Waals surface area (Å²) in [5.41, 5.74) is -0.130. The molecule has 13 heavy (non-hydrogen) atoms. The first-order valence-electron chi connectivity index (χ1n) is 3.57. The van der Waals surface area contributed by atoms with Gasteiger partial charge in [0.25, 0.3) is 5.56 Å². The van der Waals surface area contributed by atoms with Crippen LogP contribution >= 0.6 is 11.6 Å². The normalized spacial score (nSPS) is 10.0. The Balaban J connectivity index is 3.21. The molecule has 5 heteroatoms. The first kappa shape index (κ1) is 9.80. The van der Waals surface area contributed by atoms with E-state index in [1.807, 2.05) is 0 Å². The molecule has 0 saturated carbocycles. The number of pyridine rings is 1. The van der Waals surface area contributed by atoms with Crippen molar-refractivity contribution in [3.8, 4) is 0 Å². The van der Waals surface area contributed by atoms with Crippen LogP contribution < -0.4 is 5.56 Å². The molecule has 0 amide bonds. The Hall–Kier alpha value is -1.29. The zero-order valence-electron chi connectivity index (χ0n) is 6.95. The van der Waals surface area contributed by atoms with Gasteiger partial charge in [0.1, 0.15) is 0 Å². The number of aryl methyl sites for hydroxylation is 1. The topological polar surface area (TPSA) is 59.3 Å². The largest absolute Gasteiger partial charge is 0.481 e. The zero-order valence-corrected chi connectivity index (χ0v) is 7.71. The van der Waals surface area contributed by atoms with Gasteiger partial charge in [-0.3, -0.25) is 9.59 Å². The SMILES string of the molecule is Cn1cc(Cl)cc(CC(=O)O)c1=O. The molecule has 0 fully saturated rings. The lowest BCUT2D eigenvalue weighted by Gasteiger charge is -2.01. The number of rotatable bonds is 2. The van der Waals surface area contributed by atoms with Crippen molar-refractivity contribution >= 4 is 17.6 Å². The summed E-state index contributed by atoms with van der Waals surface area (Å²) in [7, 11) is 1.53. The predicted molar refractivity (Wildman–Crippen MR) is 48.0 cm³/mol. The maximum atomic E-state index is 11.3. The molecule has 0 aliphatic heterocycles. The van der Waals surface area contributed by atoms with Crippen LogP contribution in [0.3, 0.4) is 0 Å².